The molecule has 1 heterocycles. The van der Waals surface area contributed by atoms with Crippen LogP contribution in [0.15, 0.2) is 24.3 Å². The van der Waals surface area contributed by atoms with Crippen LogP contribution in [0.4, 0.5) is 0 Å². The first-order valence-corrected chi connectivity index (χ1v) is 2.74. The summed E-state index contributed by atoms with van der Waals surface area (Å²) >= 11 is 0. The molecule has 1 aliphatic heterocycles. The third-order valence-electron chi connectivity index (χ3n) is 1.14. The Morgan fingerprint density at radius 2 is 2.56 bits per heavy atom. The van der Waals surface area contributed by atoms with Gasteiger partial charge in [0.25, 0.3) is 0 Å². The van der Waals surface area contributed by atoms with Gasteiger partial charge in [0.1, 0.15) is 6.10 Å². The van der Waals surface area contributed by atoms with Gasteiger partial charge in [-0.15, -0.1) is 0 Å². The van der Waals surface area contributed by atoms with Crippen LogP contribution >= 0.6 is 0 Å². The van der Waals surface area contributed by atoms with Crippen molar-refractivity contribution in [2.24, 2.45) is 0 Å². The molecule has 0 fully saturated rings. The van der Waals surface area contributed by atoms with Gasteiger partial charge < -0.3 is 4.74 Å². The zero-order valence-electron chi connectivity index (χ0n) is 5.26. The van der Waals surface area contributed by atoms with E-state index in [4.69, 9.17) is 4.74 Å². The summed E-state index contributed by atoms with van der Waals surface area (Å²) < 4.78 is 4.77. The van der Waals surface area contributed by atoms with E-state index >= 15 is 0 Å². The van der Waals surface area contributed by atoms with Crippen LogP contribution in [0, 0.1) is 0 Å². The first kappa shape index (κ1) is 6.08. The van der Waals surface area contributed by atoms with Crippen LogP contribution in [0.3, 0.4) is 0 Å². The minimum atomic E-state index is -0.275. The minimum absolute atomic E-state index is 0.183. The Kier molecular flexibility index (Phi) is 1.39. The molecule has 0 N–H and O–H groups in total. The highest BCUT2D eigenvalue weighted by molar-refractivity contribution is 5.84. The van der Waals surface area contributed by atoms with E-state index in [-0.39, 0.29) is 12.1 Å². The van der Waals surface area contributed by atoms with Crippen LogP contribution in [0.5, 0.6) is 0 Å². The number of ether oxygens (including phenoxy) is 1. The molecule has 0 amide bonds. The maximum Gasteiger partial charge on any atom is 0.331 e. The molecule has 48 valence electrons. The fraction of sp³-hybridized carbons (Fsp3) is 0.286. The van der Waals surface area contributed by atoms with Gasteiger partial charge in [-0.2, -0.15) is 0 Å². The van der Waals surface area contributed by atoms with Gasteiger partial charge in [-0.05, 0) is 18.6 Å². The third kappa shape index (κ3) is 1.19. The second kappa shape index (κ2) is 2.05. The first-order valence-electron chi connectivity index (χ1n) is 2.74. The quantitative estimate of drug-likeness (QED) is 0.385. The lowest BCUT2D eigenvalue weighted by Gasteiger charge is -2.05. The molecule has 0 spiro atoms. The molecule has 0 aromatic rings. The Balaban J connectivity index is 2.60. The summed E-state index contributed by atoms with van der Waals surface area (Å²) in [5.41, 5.74) is 0.858. The summed E-state index contributed by atoms with van der Waals surface area (Å²) in [6.07, 6.45) is 2.93. The summed E-state index contributed by atoms with van der Waals surface area (Å²) in [4.78, 5) is 10.4. The highest BCUT2D eigenvalue weighted by Gasteiger charge is 2.15. The highest BCUT2D eigenvalue weighted by atomic mass is 16.5. The molecule has 2 nitrogen and oxygen atoms in total. The van der Waals surface area contributed by atoms with E-state index in [1.807, 2.05) is 6.92 Å². The normalized spacial score (nSPS) is 24.1. The average molecular weight is 124 g/mol. The Morgan fingerprint density at radius 1 is 1.89 bits per heavy atom. The summed E-state index contributed by atoms with van der Waals surface area (Å²) in [5, 5.41) is 0. The third-order valence-corrected chi connectivity index (χ3v) is 1.14. The van der Waals surface area contributed by atoms with Crippen molar-refractivity contribution in [3.05, 3.63) is 24.3 Å². The maximum atomic E-state index is 10.4. The number of cyclic esters (lactones) is 1. The Bertz CT molecular complexity index is 179. The minimum Gasteiger partial charge on any atom is -0.450 e. The Labute approximate surface area is 53.8 Å². The number of esters is 1. The molecule has 0 saturated carbocycles. The number of hydrogen-bond donors (Lipinski definition) is 0. The van der Waals surface area contributed by atoms with Crippen LogP contribution in [-0.2, 0) is 9.53 Å². The second-order valence-electron chi connectivity index (χ2n) is 2.06. The molecule has 0 radical (unpaired) electrons. The molecule has 1 unspecified atom stereocenters. The van der Waals surface area contributed by atoms with Crippen LogP contribution in [0.1, 0.15) is 6.92 Å². The molecular formula is C7H8O2. The monoisotopic (exact) mass is 124 g/mol. The number of hydrogen-bond acceptors (Lipinski definition) is 2. The average Bonchev–Trinajstić information content (AvgIpc) is 2.14. The van der Waals surface area contributed by atoms with Gasteiger partial charge in [0, 0.05) is 6.08 Å². The smallest absolute Gasteiger partial charge is 0.331 e. The molecule has 1 rings (SSSR count). The lowest BCUT2D eigenvalue weighted by Crippen LogP contribution is -2.07. The van der Waals surface area contributed by atoms with Gasteiger partial charge in [-0.3, -0.25) is 0 Å². The predicted molar refractivity (Wildman–Crippen MR) is 33.8 cm³/mol. The molecular weight excluding hydrogens is 116 g/mol. The second-order valence-corrected chi connectivity index (χ2v) is 2.06. The van der Waals surface area contributed by atoms with Gasteiger partial charge >= 0.3 is 5.97 Å². The van der Waals surface area contributed by atoms with E-state index in [2.05, 4.69) is 6.58 Å². The van der Waals surface area contributed by atoms with Gasteiger partial charge in [0.15, 0.2) is 0 Å². The zero-order chi connectivity index (χ0) is 6.85. The summed E-state index contributed by atoms with van der Waals surface area (Å²) in [6, 6.07) is 0. The molecule has 1 atom stereocenters. The summed E-state index contributed by atoms with van der Waals surface area (Å²) in [7, 11) is 0. The van der Waals surface area contributed by atoms with E-state index in [0.717, 1.165) is 5.57 Å². The van der Waals surface area contributed by atoms with E-state index in [1.165, 1.54) is 6.08 Å². The topological polar surface area (TPSA) is 26.3 Å². The standard InChI is InChI=1S/C7H8O2/c1-5(2)6-3-4-7(8)9-6/h3-4,6H,1H2,2H3. The lowest BCUT2D eigenvalue weighted by atomic mass is 10.2. The van der Waals surface area contributed by atoms with Gasteiger partial charge in [-0.25, -0.2) is 4.79 Å². The van der Waals surface area contributed by atoms with Gasteiger partial charge in [0.2, 0.25) is 0 Å². The zero-order valence-corrected chi connectivity index (χ0v) is 5.26. The number of carbonyl (C=O) groups excluding carboxylic acids is 1. The fourth-order valence-corrected chi connectivity index (χ4v) is 0.635. The number of rotatable bonds is 1. The van der Waals surface area contributed by atoms with Crippen molar-refractivity contribution in [3.63, 3.8) is 0 Å². The fourth-order valence-electron chi connectivity index (χ4n) is 0.635. The van der Waals surface area contributed by atoms with E-state index in [1.54, 1.807) is 6.08 Å². The predicted octanol–water partition coefficient (Wildman–Crippen LogP) is 1.04. The molecule has 9 heavy (non-hydrogen) atoms. The van der Waals surface area contributed by atoms with E-state index in [9.17, 15) is 4.79 Å². The molecule has 0 aromatic carbocycles. The van der Waals surface area contributed by atoms with E-state index in [0.29, 0.717) is 0 Å². The van der Waals surface area contributed by atoms with Crippen LogP contribution < -0.4 is 0 Å². The van der Waals surface area contributed by atoms with Crippen molar-refractivity contribution in [2.45, 2.75) is 13.0 Å². The Hall–Kier alpha value is -1.05. The molecule has 0 bridgehead atoms. The highest BCUT2D eigenvalue weighted by Crippen LogP contribution is 2.11. The number of carbonyl (C=O) groups is 1. The largest absolute Gasteiger partial charge is 0.450 e. The van der Waals surface area contributed by atoms with Crippen LogP contribution in [0.25, 0.3) is 0 Å². The van der Waals surface area contributed by atoms with Gasteiger partial charge in [0.05, 0.1) is 0 Å². The molecule has 0 aliphatic carbocycles. The first-order chi connectivity index (χ1) is 4.20. The van der Waals surface area contributed by atoms with Crippen molar-refractivity contribution in [1.82, 2.24) is 0 Å². The summed E-state index contributed by atoms with van der Waals surface area (Å²) in [5.74, 6) is -0.275. The maximum absolute atomic E-state index is 10.4. The van der Waals surface area contributed by atoms with Crippen molar-refractivity contribution in [1.29, 1.82) is 0 Å². The molecule has 2 heteroatoms. The molecule has 0 aromatic heterocycles. The summed E-state index contributed by atoms with van der Waals surface area (Å²) in [6.45, 7) is 5.47. The van der Waals surface area contributed by atoms with Gasteiger partial charge in [-0.1, -0.05) is 6.58 Å². The van der Waals surface area contributed by atoms with Crippen molar-refractivity contribution < 1.29 is 9.53 Å². The Morgan fingerprint density at radius 3 is 2.78 bits per heavy atom. The molecule has 0 saturated heterocycles. The van der Waals surface area contributed by atoms with Crippen molar-refractivity contribution >= 4 is 5.97 Å². The van der Waals surface area contributed by atoms with E-state index < -0.39 is 0 Å². The van der Waals surface area contributed by atoms with Crippen molar-refractivity contribution in [2.75, 3.05) is 0 Å². The van der Waals surface area contributed by atoms with Crippen molar-refractivity contribution in [3.8, 4) is 0 Å². The van der Waals surface area contributed by atoms with Crippen LogP contribution in [-0.4, -0.2) is 12.1 Å². The lowest BCUT2D eigenvalue weighted by molar-refractivity contribution is -0.137. The SMILES string of the molecule is C=C(C)C1C=CC(=O)O1. The van der Waals surface area contributed by atoms with Crippen LogP contribution in [0.2, 0.25) is 0 Å². The molecule has 1 aliphatic rings.